The van der Waals surface area contributed by atoms with Gasteiger partial charge in [-0.2, -0.15) is 0 Å². The number of methoxy groups -OCH3 is 1. The molecule has 2 nitrogen and oxygen atoms in total. The van der Waals surface area contributed by atoms with Gasteiger partial charge in [-0.15, -0.1) is 0 Å². The van der Waals surface area contributed by atoms with Crippen LogP contribution in [0.1, 0.15) is 19.4 Å². The zero-order chi connectivity index (χ0) is 13.5. The number of halogens is 2. The van der Waals surface area contributed by atoms with E-state index >= 15 is 0 Å². The normalized spacial score (nSPS) is 14.5. The maximum absolute atomic E-state index is 6.17. The van der Waals surface area contributed by atoms with Crippen molar-refractivity contribution in [2.45, 2.75) is 26.3 Å². The van der Waals surface area contributed by atoms with E-state index in [1.54, 1.807) is 7.11 Å². The number of nitrogens with one attached hydrogen (secondary N) is 1. The summed E-state index contributed by atoms with van der Waals surface area (Å²) in [6.45, 7) is 5.99. The average molecular weight is 290 g/mol. The Kier molecular flexibility index (Phi) is 7.02. The van der Waals surface area contributed by atoms with Gasteiger partial charge in [-0.05, 0) is 43.0 Å². The molecule has 2 atom stereocenters. The first-order chi connectivity index (χ1) is 8.54. The highest BCUT2D eigenvalue weighted by molar-refractivity contribution is 6.33. The molecule has 1 aromatic rings. The van der Waals surface area contributed by atoms with Crippen LogP contribution < -0.4 is 5.32 Å². The molecule has 1 rings (SSSR count). The van der Waals surface area contributed by atoms with Gasteiger partial charge < -0.3 is 10.1 Å². The smallest absolute Gasteiger partial charge is 0.0587 e. The highest BCUT2D eigenvalue weighted by Crippen LogP contribution is 2.24. The zero-order valence-electron chi connectivity index (χ0n) is 11.2. The van der Waals surface area contributed by atoms with Gasteiger partial charge in [0.25, 0.3) is 0 Å². The predicted molar refractivity (Wildman–Crippen MR) is 78.7 cm³/mol. The second-order valence-corrected chi connectivity index (χ2v) is 5.50. The molecule has 0 fully saturated rings. The fourth-order valence-corrected chi connectivity index (χ4v) is 2.20. The summed E-state index contributed by atoms with van der Waals surface area (Å²) >= 11 is 12.2. The van der Waals surface area contributed by atoms with Gasteiger partial charge >= 0.3 is 0 Å². The van der Waals surface area contributed by atoms with Gasteiger partial charge in [0, 0.05) is 29.7 Å². The van der Waals surface area contributed by atoms with Crippen molar-refractivity contribution < 1.29 is 4.74 Å². The lowest BCUT2D eigenvalue weighted by Crippen LogP contribution is -2.35. The molecule has 1 N–H and O–H groups in total. The Morgan fingerprint density at radius 3 is 2.67 bits per heavy atom. The maximum Gasteiger partial charge on any atom is 0.0587 e. The molecule has 2 unspecified atom stereocenters. The summed E-state index contributed by atoms with van der Waals surface area (Å²) in [4.78, 5) is 0. The largest absolute Gasteiger partial charge is 0.383 e. The minimum Gasteiger partial charge on any atom is -0.383 e. The molecule has 0 aliphatic carbocycles. The summed E-state index contributed by atoms with van der Waals surface area (Å²) in [7, 11) is 1.71. The monoisotopic (exact) mass is 289 g/mol. The molecule has 0 bridgehead atoms. The first kappa shape index (κ1) is 15.8. The van der Waals surface area contributed by atoms with Crippen LogP contribution in [0.3, 0.4) is 0 Å². The summed E-state index contributed by atoms with van der Waals surface area (Å²) in [6.07, 6.45) is 0.917. The maximum atomic E-state index is 6.17. The van der Waals surface area contributed by atoms with E-state index in [4.69, 9.17) is 27.9 Å². The van der Waals surface area contributed by atoms with E-state index in [2.05, 4.69) is 19.2 Å². The molecular formula is C14H21Cl2NO. The van der Waals surface area contributed by atoms with Crippen molar-refractivity contribution in [2.75, 3.05) is 20.3 Å². The van der Waals surface area contributed by atoms with Crippen LogP contribution in [-0.4, -0.2) is 26.3 Å². The molecule has 4 heteroatoms. The third-order valence-electron chi connectivity index (χ3n) is 3.18. The summed E-state index contributed by atoms with van der Waals surface area (Å²) in [5.41, 5.74) is 1.11. The lowest BCUT2D eigenvalue weighted by atomic mass is 9.95. The van der Waals surface area contributed by atoms with Gasteiger partial charge in [0.15, 0.2) is 0 Å². The van der Waals surface area contributed by atoms with E-state index in [1.807, 2.05) is 18.2 Å². The molecule has 0 saturated heterocycles. The Morgan fingerprint density at radius 1 is 1.28 bits per heavy atom. The van der Waals surface area contributed by atoms with E-state index in [9.17, 15) is 0 Å². The Balaban J connectivity index is 2.52. The fraction of sp³-hybridized carbons (Fsp3) is 0.571. The Hall–Kier alpha value is -0.280. The molecule has 0 aromatic heterocycles. The van der Waals surface area contributed by atoms with Crippen LogP contribution in [0.15, 0.2) is 18.2 Å². The van der Waals surface area contributed by atoms with Crippen LogP contribution in [0.4, 0.5) is 0 Å². The first-order valence-electron chi connectivity index (χ1n) is 6.20. The van der Waals surface area contributed by atoms with Crippen molar-refractivity contribution in [2.24, 2.45) is 5.92 Å². The number of ether oxygens (including phenoxy) is 1. The number of benzene rings is 1. The molecule has 102 valence electrons. The number of hydrogen-bond donors (Lipinski definition) is 1. The van der Waals surface area contributed by atoms with Gasteiger partial charge in [-0.3, -0.25) is 0 Å². The standard InChI is InChI=1S/C14H21Cl2NO/c1-10(11(2)17-6-7-18-3)8-12-9-13(15)4-5-14(12)16/h4-5,9-11,17H,6-8H2,1-3H3. The Bertz CT molecular complexity index is 371. The van der Waals surface area contributed by atoms with Crippen LogP contribution in [-0.2, 0) is 11.2 Å². The van der Waals surface area contributed by atoms with Crippen molar-refractivity contribution in [1.82, 2.24) is 5.32 Å². The van der Waals surface area contributed by atoms with Crippen LogP contribution in [0.2, 0.25) is 10.0 Å². The second kappa shape index (κ2) is 8.00. The molecule has 0 heterocycles. The van der Waals surface area contributed by atoms with E-state index in [0.29, 0.717) is 12.0 Å². The van der Waals surface area contributed by atoms with E-state index in [1.165, 1.54) is 0 Å². The van der Waals surface area contributed by atoms with Crippen LogP contribution in [0, 0.1) is 5.92 Å². The quantitative estimate of drug-likeness (QED) is 0.771. The summed E-state index contributed by atoms with van der Waals surface area (Å²) in [6, 6.07) is 6.03. The predicted octanol–water partition coefficient (Wildman–Crippen LogP) is 3.80. The molecular weight excluding hydrogens is 269 g/mol. The summed E-state index contributed by atoms with van der Waals surface area (Å²) in [5, 5.41) is 4.96. The van der Waals surface area contributed by atoms with Crippen molar-refractivity contribution >= 4 is 23.2 Å². The molecule has 18 heavy (non-hydrogen) atoms. The molecule has 0 saturated carbocycles. The van der Waals surface area contributed by atoms with E-state index in [0.717, 1.165) is 35.2 Å². The van der Waals surface area contributed by atoms with Gasteiger partial charge in [0.2, 0.25) is 0 Å². The second-order valence-electron chi connectivity index (χ2n) is 4.65. The van der Waals surface area contributed by atoms with Crippen molar-refractivity contribution in [3.63, 3.8) is 0 Å². The SMILES string of the molecule is COCCNC(C)C(C)Cc1cc(Cl)ccc1Cl. The van der Waals surface area contributed by atoms with Gasteiger partial charge in [-0.1, -0.05) is 30.1 Å². The number of hydrogen-bond acceptors (Lipinski definition) is 2. The lowest BCUT2D eigenvalue weighted by Gasteiger charge is -2.22. The van der Waals surface area contributed by atoms with E-state index in [-0.39, 0.29) is 0 Å². The van der Waals surface area contributed by atoms with E-state index < -0.39 is 0 Å². The Morgan fingerprint density at radius 2 is 2.00 bits per heavy atom. The fourth-order valence-electron chi connectivity index (χ4n) is 1.81. The number of rotatable bonds is 7. The average Bonchev–Trinajstić information content (AvgIpc) is 2.34. The first-order valence-corrected chi connectivity index (χ1v) is 6.96. The third-order valence-corrected chi connectivity index (χ3v) is 3.78. The molecule has 0 spiro atoms. The van der Waals surface area contributed by atoms with Crippen molar-refractivity contribution in [3.05, 3.63) is 33.8 Å². The van der Waals surface area contributed by atoms with Crippen LogP contribution >= 0.6 is 23.2 Å². The summed E-state index contributed by atoms with van der Waals surface area (Å²) in [5.74, 6) is 0.484. The Labute approximate surface area is 120 Å². The van der Waals surface area contributed by atoms with Gasteiger partial charge in [0.05, 0.1) is 6.61 Å². The van der Waals surface area contributed by atoms with Crippen molar-refractivity contribution in [1.29, 1.82) is 0 Å². The lowest BCUT2D eigenvalue weighted by molar-refractivity contribution is 0.192. The minimum atomic E-state index is 0.412. The van der Waals surface area contributed by atoms with Crippen LogP contribution in [0.5, 0.6) is 0 Å². The highest BCUT2D eigenvalue weighted by atomic mass is 35.5. The van der Waals surface area contributed by atoms with Crippen LogP contribution in [0.25, 0.3) is 0 Å². The third kappa shape index (κ3) is 5.15. The zero-order valence-corrected chi connectivity index (χ0v) is 12.7. The summed E-state index contributed by atoms with van der Waals surface area (Å²) < 4.78 is 5.02. The molecule has 0 aliphatic rings. The molecule has 0 amide bonds. The van der Waals surface area contributed by atoms with Gasteiger partial charge in [0.1, 0.15) is 0 Å². The molecule has 1 aromatic carbocycles. The minimum absolute atomic E-state index is 0.412. The molecule has 0 aliphatic heterocycles. The van der Waals surface area contributed by atoms with Gasteiger partial charge in [-0.25, -0.2) is 0 Å². The van der Waals surface area contributed by atoms with Crippen molar-refractivity contribution in [3.8, 4) is 0 Å². The topological polar surface area (TPSA) is 21.3 Å². The highest BCUT2D eigenvalue weighted by Gasteiger charge is 2.14. The molecule has 0 radical (unpaired) electrons.